The first kappa shape index (κ1) is 16.4. The first-order valence-corrected chi connectivity index (χ1v) is 7.91. The zero-order valence-electron chi connectivity index (χ0n) is 13.5. The summed E-state index contributed by atoms with van der Waals surface area (Å²) in [7, 11) is 6.29. The molecule has 1 atom stereocenters. The van der Waals surface area contributed by atoms with Crippen molar-refractivity contribution >= 4 is 0 Å². The second kappa shape index (κ2) is 7.87. The lowest BCUT2D eigenvalue weighted by atomic mass is 10.0. The Morgan fingerprint density at radius 2 is 2.05 bits per heavy atom. The predicted octanol–water partition coefficient (Wildman–Crippen LogP) is 2.50. The zero-order chi connectivity index (χ0) is 15.2. The molecule has 0 amide bonds. The number of rotatable bonds is 6. The number of piperidine rings is 1. The van der Waals surface area contributed by atoms with Gasteiger partial charge in [-0.2, -0.15) is 0 Å². The Kier molecular flexibility index (Phi) is 6.15. The predicted molar refractivity (Wildman–Crippen MR) is 86.0 cm³/mol. The minimum Gasteiger partial charge on any atom is -0.313 e. The third-order valence-corrected chi connectivity index (χ3v) is 4.62. The Balaban J connectivity index is 1.82. The lowest BCUT2D eigenvalue weighted by Gasteiger charge is -2.35. The molecule has 1 unspecified atom stereocenters. The van der Waals surface area contributed by atoms with Crippen molar-refractivity contribution in [2.75, 3.05) is 40.8 Å². The molecule has 4 heteroatoms. The van der Waals surface area contributed by atoms with Crippen molar-refractivity contribution in [1.29, 1.82) is 0 Å². The van der Waals surface area contributed by atoms with Crippen LogP contribution in [0.1, 0.15) is 30.9 Å². The minimum atomic E-state index is -0.153. The number of nitrogens with zero attached hydrogens (tertiary/aromatic N) is 2. The van der Waals surface area contributed by atoms with Crippen molar-refractivity contribution in [1.82, 2.24) is 15.1 Å². The first-order valence-electron chi connectivity index (χ1n) is 7.91. The number of likely N-dealkylation sites (tertiary alicyclic amines) is 1. The quantitative estimate of drug-likeness (QED) is 0.869. The highest BCUT2D eigenvalue weighted by molar-refractivity contribution is 5.20. The number of halogens is 1. The highest BCUT2D eigenvalue weighted by Gasteiger charge is 2.21. The highest BCUT2D eigenvalue weighted by Crippen LogP contribution is 2.20. The van der Waals surface area contributed by atoms with E-state index in [-0.39, 0.29) is 11.9 Å². The van der Waals surface area contributed by atoms with E-state index in [1.54, 1.807) is 12.1 Å². The van der Waals surface area contributed by atoms with Crippen molar-refractivity contribution < 1.29 is 4.39 Å². The van der Waals surface area contributed by atoms with Crippen LogP contribution in [0.3, 0.4) is 0 Å². The van der Waals surface area contributed by atoms with Crippen molar-refractivity contribution in [2.24, 2.45) is 0 Å². The molecule has 0 saturated carbocycles. The van der Waals surface area contributed by atoms with Crippen molar-refractivity contribution in [3.05, 3.63) is 35.6 Å². The molecule has 0 aromatic heterocycles. The third kappa shape index (κ3) is 4.77. The fraction of sp³-hybridized carbons (Fsp3) is 0.647. The van der Waals surface area contributed by atoms with Gasteiger partial charge in [0.15, 0.2) is 0 Å². The Morgan fingerprint density at radius 1 is 1.33 bits per heavy atom. The van der Waals surface area contributed by atoms with Crippen LogP contribution in [0, 0.1) is 5.82 Å². The largest absolute Gasteiger partial charge is 0.313 e. The molecule has 0 spiro atoms. The molecule has 2 rings (SSSR count). The maximum absolute atomic E-state index is 13.3. The van der Waals surface area contributed by atoms with Crippen LogP contribution in [0.5, 0.6) is 0 Å². The molecule has 118 valence electrons. The molecule has 1 N–H and O–H groups in total. The van der Waals surface area contributed by atoms with Crippen LogP contribution in [-0.2, 0) is 0 Å². The van der Waals surface area contributed by atoms with Gasteiger partial charge in [-0.1, -0.05) is 12.1 Å². The van der Waals surface area contributed by atoms with Crippen LogP contribution >= 0.6 is 0 Å². The minimum absolute atomic E-state index is 0.153. The van der Waals surface area contributed by atoms with Gasteiger partial charge in [-0.3, -0.25) is 0 Å². The van der Waals surface area contributed by atoms with Crippen LogP contribution in [0.2, 0.25) is 0 Å². The van der Waals surface area contributed by atoms with Gasteiger partial charge in [-0.15, -0.1) is 0 Å². The number of hydrogen-bond acceptors (Lipinski definition) is 3. The fourth-order valence-electron chi connectivity index (χ4n) is 3.17. The SMILES string of the molecule is CNC(CCN1CCC(N(C)C)CC1)c1cccc(F)c1. The van der Waals surface area contributed by atoms with Gasteiger partial charge in [0.1, 0.15) is 5.82 Å². The smallest absolute Gasteiger partial charge is 0.123 e. The van der Waals surface area contributed by atoms with Gasteiger partial charge in [0, 0.05) is 12.1 Å². The summed E-state index contributed by atoms with van der Waals surface area (Å²) in [6, 6.07) is 7.89. The molecule has 0 radical (unpaired) electrons. The summed E-state index contributed by atoms with van der Waals surface area (Å²) in [6.45, 7) is 3.41. The van der Waals surface area contributed by atoms with Gasteiger partial charge >= 0.3 is 0 Å². The normalized spacial score (nSPS) is 19.1. The Labute approximate surface area is 128 Å². The molecule has 1 heterocycles. The number of nitrogens with one attached hydrogen (secondary N) is 1. The Morgan fingerprint density at radius 3 is 2.62 bits per heavy atom. The Hall–Kier alpha value is -0.970. The zero-order valence-corrected chi connectivity index (χ0v) is 13.5. The van der Waals surface area contributed by atoms with E-state index in [4.69, 9.17) is 0 Å². The molecule has 21 heavy (non-hydrogen) atoms. The average molecular weight is 293 g/mol. The summed E-state index contributed by atoms with van der Waals surface area (Å²) < 4.78 is 13.3. The van der Waals surface area contributed by atoms with Gasteiger partial charge in [0.25, 0.3) is 0 Å². The number of hydrogen-bond donors (Lipinski definition) is 1. The molecule has 0 aliphatic carbocycles. The molecular formula is C17H28FN3. The van der Waals surface area contributed by atoms with E-state index in [2.05, 4.69) is 29.2 Å². The number of benzene rings is 1. The van der Waals surface area contributed by atoms with E-state index in [0.717, 1.165) is 24.6 Å². The van der Waals surface area contributed by atoms with Crippen molar-refractivity contribution in [3.63, 3.8) is 0 Å². The summed E-state index contributed by atoms with van der Waals surface area (Å²) >= 11 is 0. The highest BCUT2D eigenvalue weighted by atomic mass is 19.1. The maximum Gasteiger partial charge on any atom is 0.123 e. The van der Waals surface area contributed by atoms with Crippen LogP contribution in [-0.4, -0.2) is 56.6 Å². The van der Waals surface area contributed by atoms with Crippen LogP contribution in [0.15, 0.2) is 24.3 Å². The average Bonchev–Trinajstić information content (AvgIpc) is 2.48. The summed E-state index contributed by atoms with van der Waals surface area (Å²) in [5.74, 6) is -0.153. The molecule has 1 aliphatic heterocycles. The van der Waals surface area contributed by atoms with E-state index in [1.807, 2.05) is 13.1 Å². The molecule has 1 fully saturated rings. The van der Waals surface area contributed by atoms with Crippen molar-refractivity contribution in [2.45, 2.75) is 31.3 Å². The molecule has 1 saturated heterocycles. The first-order chi connectivity index (χ1) is 10.1. The van der Waals surface area contributed by atoms with Gasteiger partial charge < -0.3 is 15.1 Å². The van der Waals surface area contributed by atoms with Crippen molar-refractivity contribution in [3.8, 4) is 0 Å². The standard InChI is InChI=1S/C17H28FN3/c1-19-17(14-5-4-6-15(18)13-14)9-12-21-10-7-16(8-11-21)20(2)3/h4-6,13,16-17,19H,7-12H2,1-3H3. The van der Waals surface area contributed by atoms with Gasteiger partial charge in [0.2, 0.25) is 0 Å². The van der Waals surface area contributed by atoms with E-state index in [0.29, 0.717) is 0 Å². The maximum atomic E-state index is 13.3. The molecule has 3 nitrogen and oxygen atoms in total. The van der Waals surface area contributed by atoms with E-state index in [1.165, 1.54) is 32.0 Å². The van der Waals surface area contributed by atoms with Gasteiger partial charge in [-0.05, 0) is 77.7 Å². The molecule has 1 aromatic carbocycles. The van der Waals surface area contributed by atoms with Gasteiger partial charge in [-0.25, -0.2) is 4.39 Å². The lowest BCUT2D eigenvalue weighted by molar-refractivity contribution is 0.141. The lowest BCUT2D eigenvalue weighted by Crippen LogP contribution is -2.42. The van der Waals surface area contributed by atoms with Crippen LogP contribution in [0.25, 0.3) is 0 Å². The Bertz CT molecular complexity index is 428. The monoisotopic (exact) mass is 293 g/mol. The van der Waals surface area contributed by atoms with E-state index >= 15 is 0 Å². The molecular weight excluding hydrogens is 265 g/mol. The molecule has 0 bridgehead atoms. The topological polar surface area (TPSA) is 18.5 Å². The molecule has 1 aliphatic rings. The fourth-order valence-corrected chi connectivity index (χ4v) is 3.17. The van der Waals surface area contributed by atoms with Gasteiger partial charge in [0.05, 0.1) is 0 Å². The van der Waals surface area contributed by atoms with Crippen LogP contribution in [0.4, 0.5) is 4.39 Å². The van der Waals surface area contributed by atoms with E-state index in [9.17, 15) is 4.39 Å². The van der Waals surface area contributed by atoms with Crippen LogP contribution < -0.4 is 5.32 Å². The molecule has 1 aromatic rings. The summed E-state index contributed by atoms with van der Waals surface area (Å²) in [5, 5.41) is 3.31. The summed E-state index contributed by atoms with van der Waals surface area (Å²) in [5.41, 5.74) is 1.04. The second-order valence-electron chi connectivity index (χ2n) is 6.22. The summed E-state index contributed by atoms with van der Waals surface area (Å²) in [4.78, 5) is 4.87. The third-order valence-electron chi connectivity index (χ3n) is 4.62. The van der Waals surface area contributed by atoms with E-state index < -0.39 is 0 Å². The summed E-state index contributed by atoms with van der Waals surface area (Å²) in [6.07, 6.45) is 3.51. The second-order valence-corrected chi connectivity index (χ2v) is 6.22.